The van der Waals surface area contributed by atoms with Crippen molar-refractivity contribution in [1.82, 2.24) is 4.98 Å². The number of benzene rings is 1. The van der Waals surface area contributed by atoms with E-state index in [9.17, 15) is 4.79 Å². The van der Waals surface area contributed by atoms with E-state index in [1.54, 1.807) is 12.3 Å². The van der Waals surface area contributed by atoms with E-state index < -0.39 is 0 Å². The second kappa shape index (κ2) is 4.94. The molecule has 0 aliphatic carbocycles. The Kier molecular flexibility index (Phi) is 3.37. The first kappa shape index (κ1) is 10.9. The average Bonchev–Trinajstić information content (AvgIpc) is 2.28. The van der Waals surface area contributed by atoms with Gasteiger partial charge >= 0.3 is 0 Å². The molecule has 80 valence electrons. The lowest BCUT2D eigenvalue weighted by molar-refractivity contribution is 1.23. The molecular weight excluding hydrogens is 266 g/mol. The molecule has 0 amide bonds. The van der Waals surface area contributed by atoms with Gasteiger partial charge in [-0.1, -0.05) is 40.2 Å². The quantitative estimate of drug-likeness (QED) is 0.896. The zero-order valence-corrected chi connectivity index (χ0v) is 10.1. The van der Waals surface area contributed by atoms with Crippen molar-refractivity contribution in [2.45, 2.75) is 0 Å². The van der Waals surface area contributed by atoms with Gasteiger partial charge in [0, 0.05) is 16.7 Å². The van der Waals surface area contributed by atoms with Gasteiger partial charge in [-0.3, -0.25) is 4.79 Å². The van der Waals surface area contributed by atoms with Crippen LogP contribution in [0.2, 0.25) is 0 Å². The van der Waals surface area contributed by atoms with Crippen LogP contribution in [0.15, 0.2) is 51.9 Å². The Balaban J connectivity index is 2.21. The van der Waals surface area contributed by atoms with Crippen LogP contribution in [0.1, 0.15) is 11.1 Å². The van der Waals surface area contributed by atoms with Crippen LogP contribution in [0.4, 0.5) is 0 Å². The van der Waals surface area contributed by atoms with Crippen LogP contribution in [-0.2, 0) is 0 Å². The number of H-pyrrole nitrogens is 1. The fourth-order valence-corrected chi connectivity index (χ4v) is 1.60. The Hall–Kier alpha value is -1.61. The summed E-state index contributed by atoms with van der Waals surface area (Å²) in [7, 11) is 0. The summed E-state index contributed by atoms with van der Waals surface area (Å²) in [5.74, 6) is 0. The Morgan fingerprint density at radius 1 is 1.00 bits per heavy atom. The summed E-state index contributed by atoms with van der Waals surface area (Å²) < 4.78 is 1.06. The molecule has 0 unspecified atom stereocenters. The van der Waals surface area contributed by atoms with Gasteiger partial charge in [0.2, 0.25) is 5.56 Å². The predicted molar refractivity (Wildman–Crippen MR) is 70.1 cm³/mol. The average molecular weight is 276 g/mol. The molecule has 0 saturated heterocycles. The molecule has 0 atom stereocenters. The van der Waals surface area contributed by atoms with Gasteiger partial charge in [0.25, 0.3) is 0 Å². The molecule has 1 aromatic heterocycles. The first-order valence-corrected chi connectivity index (χ1v) is 5.66. The topological polar surface area (TPSA) is 32.9 Å². The maximum atomic E-state index is 11.1. The highest BCUT2D eigenvalue weighted by Gasteiger charge is 1.89. The van der Waals surface area contributed by atoms with Crippen molar-refractivity contribution >= 4 is 28.1 Å². The fraction of sp³-hybridized carbons (Fsp3) is 0. The second-order valence-corrected chi connectivity index (χ2v) is 4.29. The van der Waals surface area contributed by atoms with Crippen LogP contribution >= 0.6 is 15.9 Å². The molecule has 16 heavy (non-hydrogen) atoms. The molecule has 0 spiro atoms. The Morgan fingerprint density at radius 3 is 2.38 bits per heavy atom. The van der Waals surface area contributed by atoms with E-state index in [0.29, 0.717) is 0 Å². The summed E-state index contributed by atoms with van der Waals surface area (Å²) in [6.45, 7) is 0. The molecule has 0 aliphatic heterocycles. The summed E-state index contributed by atoms with van der Waals surface area (Å²) >= 11 is 3.38. The zero-order valence-electron chi connectivity index (χ0n) is 8.48. The lowest BCUT2D eigenvalue weighted by atomic mass is 10.1. The van der Waals surface area contributed by atoms with Crippen LogP contribution in [0, 0.1) is 0 Å². The first-order chi connectivity index (χ1) is 7.74. The van der Waals surface area contributed by atoms with Gasteiger partial charge in [0.15, 0.2) is 0 Å². The van der Waals surface area contributed by atoms with Crippen molar-refractivity contribution in [3.63, 3.8) is 0 Å². The normalized spacial score (nSPS) is 10.8. The fourth-order valence-electron chi connectivity index (χ4n) is 1.33. The molecule has 3 heteroatoms. The Labute approximate surface area is 102 Å². The highest BCUT2D eigenvalue weighted by atomic mass is 79.9. The van der Waals surface area contributed by atoms with Gasteiger partial charge in [0.1, 0.15) is 0 Å². The van der Waals surface area contributed by atoms with E-state index in [2.05, 4.69) is 20.9 Å². The van der Waals surface area contributed by atoms with Gasteiger partial charge in [0.05, 0.1) is 0 Å². The summed E-state index contributed by atoms with van der Waals surface area (Å²) in [6.07, 6.45) is 5.53. The van der Waals surface area contributed by atoms with Crippen molar-refractivity contribution < 1.29 is 0 Å². The smallest absolute Gasteiger partial charge is 0.248 e. The maximum Gasteiger partial charge on any atom is 0.248 e. The summed E-state index contributed by atoms with van der Waals surface area (Å²) in [5, 5.41) is 0. The van der Waals surface area contributed by atoms with Gasteiger partial charge in [-0.05, 0) is 29.3 Å². The lowest BCUT2D eigenvalue weighted by Gasteiger charge is -1.94. The van der Waals surface area contributed by atoms with E-state index in [4.69, 9.17) is 0 Å². The number of aromatic nitrogens is 1. The molecule has 2 aromatic rings. The van der Waals surface area contributed by atoms with Crippen LogP contribution in [-0.4, -0.2) is 4.98 Å². The molecular formula is C13H10BrNO. The Morgan fingerprint density at radius 2 is 1.69 bits per heavy atom. The molecule has 2 rings (SSSR count). The summed E-state index contributed by atoms with van der Waals surface area (Å²) in [5.41, 5.74) is 1.91. The summed E-state index contributed by atoms with van der Waals surface area (Å²) in [6, 6.07) is 11.4. The van der Waals surface area contributed by atoms with Crippen LogP contribution in [0.3, 0.4) is 0 Å². The van der Waals surface area contributed by atoms with Gasteiger partial charge in [-0.25, -0.2) is 0 Å². The minimum Gasteiger partial charge on any atom is -0.329 e. The SMILES string of the molecule is O=c1cc(/C=C/c2ccc(Br)cc2)cc[nH]1. The number of rotatable bonds is 2. The van der Waals surface area contributed by atoms with E-state index in [0.717, 1.165) is 15.6 Å². The minimum atomic E-state index is -0.0852. The minimum absolute atomic E-state index is 0.0852. The number of nitrogens with one attached hydrogen (secondary N) is 1. The third-order valence-corrected chi connectivity index (χ3v) is 2.67. The first-order valence-electron chi connectivity index (χ1n) is 4.86. The van der Waals surface area contributed by atoms with E-state index >= 15 is 0 Å². The van der Waals surface area contributed by atoms with Crippen LogP contribution in [0.25, 0.3) is 12.2 Å². The molecule has 1 N–H and O–H groups in total. The van der Waals surface area contributed by atoms with Crippen LogP contribution < -0.4 is 5.56 Å². The molecule has 0 fully saturated rings. The number of hydrogen-bond donors (Lipinski definition) is 1. The molecule has 1 aromatic carbocycles. The number of aromatic amines is 1. The number of hydrogen-bond acceptors (Lipinski definition) is 1. The highest BCUT2D eigenvalue weighted by Crippen LogP contribution is 2.12. The van der Waals surface area contributed by atoms with Crippen molar-refractivity contribution in [2.75, 3.05) is 0 Å². The standard InChI is InChI=1S/C13H10BrNO/c14-12-5-3-10(4-6-12)1-2-11-7-8-15-13(16)9-11/h1-9H,(H,15,16)/b2-1+. The number of pyridine rings is 1. The molecule has 0 bridgehead atoms. The highest BCUT2D eigenvalue weighted by molar-refractivity contribution is 9.10. The van der Waals surface area contributed by atoms with Crippen LogP contribution in [0.5, 0.6) is 0 Å². The van der Waals surface area contributed by atoms with Gasteiger partial charge in [-0.15, -0.1) is 0 Å². The summed E-state index contributed by atoms with van der Waals surface area (Å²) in [4.78, 5) is 13.6. The zero-order chi connectivity index (χ0) is 11.4. The van der Waals surface area contributed by atoms with Crippen molar-refractivity contribution in [3.05, 3.63) is 68.5 Å². The van der Waals surface area contributed by atoms with Gasteiger partial charge in [-0.2, -0.15) is 0 Å². The Bertz CT molecular complexity index is 555. The maximum absolute atomic E-state index is 11.1. The second-order valence-electron chi connectivity index (χ2n) is 3.37. The van der Waals surface area contributed by atoms with E-state index in [1.807, 2.05) is 42.5 Å². The van der Waals surface area contributed by atoms with Crippen molar-refractivity contribution in [2.24, 2.45) is 0 Å². The van der Waals surface area contributed by atoms with Crippen molar-refractivity contribution in [1.29, 1.82) is 0 Å². The third-order valence-electron chi connectivity index (χ3n) is 2.14. The molecule has 1 heterocycles. The predicted octanol–water partition coefficient (Wildman–Crippen LogP) is 3.31. The largest absolute Gasteiger partial charge is 0.329 e. The van der Waals surface area contributed by atoms with Crippen molar-refractivity contribution in [3.8, 4) is 0 Å². The molecule has 0 aliphatic rings. The number of halogens is 1. The molecule has 0 radical (unpaired) electrons. The lowest BCUT2D eigenvalue weighted by Crippen LogP contribution is -2.01. The third kappa shape index (κ3) is 2.94. The van der Waals surface area contributed by atoms with E-state index in [-0.39, 0.29) is 5.56 Å². The monoisotopic (exact) mass is 275 g/mol. The van der Waals surface area contributed by atoms with Gasteiger partial charge < -0.3 is 4.98 Å². The molecule has 0 saturated carbocycles. The molecule has 2 nitrogen and oxygen atoms in total. The van der Waals surface area contributed by atoms with E-state index in [1.165, 1.54) is 0 Å².